The van der Waals surface area contributed by atoms with Gasteiger partial charge < -0.3 is 11.1 Å². The number of amides is 1. The van der Waals surface area contributed by atoms with E-state index in [2.05, 4.69) is 17.4 Å². The third-order valence-corrected chi connectivity index (χ3v) is 3.59. The number of rotatable bonds is 6. The molecule has 0 radical (unpaired) electrons. The van der Waals surface area contributed by atoms with Gasteiger partial charge in [-0.3, -0.25) is 4.79 Å². The summed E-state index contributed by atoms with van der Waals surface area (Å²) in [5.41, 5.74) is 9.16. The SMILES string of the molecule is Cc1ccccc1CC(=O)NC(CN)Cc1ccccc1. The van der Waals surface area contributed by atoms with Crippen LogP contribution < -0.4 is 11.1 Å². The van der Waals surface area contributed by atoms with Gasteiger partial charge in [-0.15, -0.1) is 0 Å². The zero-order valence-corrected chi connectivity index (χ0v) is 12.4. The number of aryl methyl sites for hydroxylation is 1. The molecule has 2 aromatic carbocycles. The first kappa shape index (κ1) is 15.3. The van der Waals surface area contributed by atoms with E-state index in [4.69, 9.17) is 5.73 Å². The Morgan fingerprint density at radius 2 is 1.76 bits per heavy atom. The molecule has 2 rings (SSSR count). The number of carbonyl (C=O) groups is 1. The maximum atomic E-state index is 12.2. The van der Waals surface area contributed by atoms with E-state index in [1.807, 2.05) is 49.4 Å². The second kappa shape index (κ2) is 7.60. The number of hydrogen-bond donors (Lipinski definition) is 2. The van der Waals surface area contributed by atoms with Crippen molar-refractivity contribution in [3.05, 3.63) is 71.3 Å². The minimum Gasteiger partial charge on any atom is -0.351 e. The van der Waals surface area contributed by atoms with Gasteiger partial charge in [-0.05, 0) is 30.0 Å². The molecule has 3 nitrogen and oxygen atoms in total. The number of nitrogens with one attached hydrogen (secondary N) is 1. The summed E-state index contributed by atoms with van der Waals surface area (Å²) in [5.74, 6) is 0.0238. The zero-order chi connectivity index (χ0) is 15.1. The second-order valence-electron chi connectivity index (χ2n) is 5.29. The van der Waals surface area contributed by atoms with Crippen LogP contribution in [-0.4, -0.2) is 18.5 Å². The fourth-order valence-corrected chi connectivity index (χ4v) is 2.35. The van der Waals surface area contributed by atoms with Crippen molar-refractivity contribution in [1.82, 2.24) is 5.32 Å². The molecule has 1 amide bonds. The average molecular weight is 282 g/mol. The quantitative estimate of drug-likeness (QED) is 0.853. The summed E-state index contributed by atoms with van der Waals surface area (Å²) in [6.07, 6.45) is 1.16. The lowest BCUT2D eigenvalue weighted by molar-refractivity contribution is -0.121. The van der Waals surface area contributed by atoms with Crippen molar-refractivity contribution in [3.8, 4) is 0 Å². The number of hydrogen-bond acceptors (Lipinski definition) is 2. The Bertz CT molecular complexity index is 581. The molecule has 0 aliphatic rings. The standard InChI is InChI=1S/C18H22N2O/c1-14-7-5-6-10-16(14)12-18(21)20-17(13-19)11-15-8-3-2-4-9-15/h2-10,17H,11-13,19H2,1H3,(H,20,21). The Kier molecular flexibility index (Phi) is 5.52. The topological polar surface area (TPSA) is 55.1 Å². The van der Waals surface area contributed by atoms with Crippen molar-refractivity contribution in [2.75, 3.05) is 6.54 Å². The average Bonchev–Trinajstić information content (AvgIpc) is 2.50. The van der Waals surface area contributed by atoms with Crippen molar-refractivity contribution in [3.63, 3.8) is 0 Å². The third-order valence-electron chi connectivity index (χ3n) is 3.59. The van der Waals surface area contributed by atoms with Gasteiger partial charge in [-0.2, -0.15) is 0 Å². The first-order valence-corrected chi connectivity index (χ1v) is 7.27. The highest BCUT2D eigenvalue weighted by Crippen LogP contribution is 2.08. The van der Waals surface area contributed by atoms with E-state index < -0.39 is 0 Å². The van der Waals surface area contributed by atoms with Crippen LogP contribution in [0.3, 0.4) is 0 Å². The van der Waals surface area contributed by atoms with Crippen LogP contribution in [0, 0.1) is 6.92 Å². The molecule has 0 fully saturated rings. The van der Waals surface area contributed by atoms with Gasteiger partial charge >= 0.3 is 0 Å². The molecule has 1 unspecified atom stereocenters. The highest BCUT2D eigenvalue weighted by atomic mass is 16.1. The normalized spacial score (nSPS) is 11.9. The summed E-state index contributed by atoms with van der Waals surface area (Å²) in [6.45, 7) is 2.46. The van der Waals surface area contributed by atoms with Crippen molar-refractivity contribution >= 4 is 5.91 Å². The number of nitrogens with two attached hydrogens (primary N) is 1. The van der Waals surface area contributed by atoms with Crippen LogP contribution in [0.5, 0.6) is 0 Å². The summed E-state index contributed by atoms with van der Waals surface area (Å²) < 4.78 is 0. The summed E-state index contributed by atoms with van der Waals surface area (Å²) in [7, 11) is 0. The predicted octanol–water partition coefficient (Wildman–Crippen LogP) is 2.22. The summed E-state index contributed by atoms with van der Waals surface area (Å²) >= 11 is 0. The first-order chi connectivity index (χ1) is 10.2. The van der Waals surface area contributed by atoms with Crippen LogP contribution in [0.25, 0.3) is 0 Å². The molecule has 1 atom stereocenters. The van der Waals surface area contributed by atoms with Crippen LogP contribution in [-0.2, 0) is 17.6 Å². The highest BCUT2D eigenvalue weighted by Gasteiger charge is 2.12. The van der Waals surface area contributed by atoms with Gasteiger partial charge in [-0.25, -0.2) is 0 Å². The van der Waals surface area contributed by atoms with Crippen LogP contribution >= 0.6 is 0 Å². The van der Waals surface area contributed by atoms with Gasteiger partial charge in [0, 0.05) is 12.6 Å². The zero-order valence-electron chi connectivity index (χ0n) is 12.4. The van der Waals surface area contributed by atoms with Gasteiger partial charge in [0.1, 0.15) is 0 Å². The van der Waals surface area contributed by atoms with E-state index in [9.17, 15) is 4.79 Å². The van der Waals surface area contributed by atoms with E-state index in [-0.39, 0.29) is 11.9 Å². The van der Waals surface area contributed by atoms with Crippen molar-refractivity contribution in [2.45, 2.75) is 25.8 Å². The van der Waals surface area contributed by atoms with Crippen LogP contribution in [0.2, 0.25) is 0 Å². The summed E-state index contributed by atoms with van der Waals surface area (Å²) in [4.78, 5) is 12.2. The lowest BCUT2D eigenvalue weighted by Gasteiger charge is -2.17. The van der Waals surface area contributed by atoms with Crippen LogP contribution in [0.15, 0.2) is 54.6 Å². The largest absolute Gasteiger partial charge is 0.351 e. The fraction of sp³-hybridized carbons (Fsp3) is 0.278. The van der Waals surface area contributed by atoms with E-state index >= 15 is 0 Å². The van der Waals surface area contributed by atoms with Crippen molar-refractivity contribution < 1.29 is 4.79 Å². The molecule has 0 heterocycles. The molecular weight excluding hydrogens is 260 g/mol. The van der Waals surface area contributed by atoms with Gasteiger partial charge in [0.2, 0.25) is 5.91 Å². The molecule has 0 bridgehead atoms. The van der Waals surface area contributed by atoms with E-state index in [1.54, 1.807) is 0 Å². The molecule has 0 saturated carbocycles. The molecule has 3 heteroatoms. The van der Waals surface area contributed by atoms with Crippen molar-refractivity contribution in [1.29, 1.82) is 0 Å². The first-order valence-electron chi connectivity index (χ1n) is 7.27. The highest BCUT2D eigenvalue weighted by molar-refractivity contribution is 5.79. The predicted molar refractivity (Wildman–Crippen MR) is 86.0 cm³/mol. The molecule has 0 aliphatic carbocycles. The molecule has 21 heavy (non-hydrogen) atoms. The third kappa shape index (κ3) is 4.72. The van der Waals surface area contributed by atoms with Gasteiger partial charge in [-0.1, -0.05) is 54.6 Å². The molecule has 3 N–H and O–H groups in total. The van der Waals surface area contributed by atoms with Gasteiger partial charge in [0.15, 0.2) is 0 Å². The molecule has 0 aliphatic heterocycles. The lowest BCUT2D eigenvalue weighted by atomic mass is 10.0. The maximum Gasteiger partial charge on any atom is 0.224 e. The van der Waals surface area contributed by atoms with Crippen molar-refractivity contribution in [2.24, 2.45) is 5.73 Å². The van der Waals surface area contributed by atoms with E-state index in [1.165, 1.54) is 5.56 Å². The Morgan fingerprint density at radius 1 is 1.10 bits per heavy atom. The smallest absolute Gasteiger partial charge is 0.224 e. The van der Waals surface area contributed by atoms with Crippen LogP contribution in [0.4, 0.5) is 0 Å². The lowest BCUT2D eigenvalue weighted by Crippen LogP contribution is -2.42. The molecule has 0 aromatic heterocycles. The fourth-order valence-electron chi connectivity index (χ4n) is 2.35. The Morgan fingerprint density at radius 3 is 2.43 bits per heavy atom. The Balaban J connectivity index is 1.92. The second-order valence-corrected chi connectivity index (χ2v) is 5.29. The van der Waals surface area contributed by atoms with E-state index in [0.717, 1.165) is 17.5 Å². The number of benzene rings is 2. The number of carbonyl (C=O) groups excluding carboxylic acids is 1. The van der Waals surface area contributed by atoms with Gasteiger partial charge in [0.05, 0.1) is 6.42 Å². The van der Waals surface area contributed by atoms with Crippen LogP contribution in [0.1, 0.15) is 16.7 Å². The molecule has 110 valence electrons. The minimum atomic E-state index is -0.0241. The Labute approximate surface area is 126 Å². The van der Waals surface area contributed by atoms with E-state index in [0.29, 0.717) is 13.0 Å². The molecule has 2 aromatic rings. The minimum absolute atomic E-state index is 0.0238. The Hall–Kier alpha value is -2.13. The van der Waals surface area contributed by atoms with Gasteiger partial charge in [0.25, 0.3) is 0 Å². The molecule has 0 saturated heterocycles. The summed E-state index contributed by atoms with van der Waals surface area (Å²) in [5, 5.41) is 3.03. The monoisotopic (exact) mass is 282 g/mol. The maximum absolute atomic E-state index is 12.2. The molecular formula is C18H22N2O. The molecule has 0 spiro atoms. The summed E-state index contributed by atoms with van der Waals surface area (Å²) in [6, 6.07) is 18.0.